The van der Waals surface area contributed by atoms with Crippen LogP contribution in [0.1, 0.15) is 64.6 Å². The van der Waals surface area contributed by atoms with Crippen LogP contribution in [0.3, 0.4) is 0 Å². The Labute approximate surface area is 197 Å². The summed E-state index contributed by atoms with van der Waals surface area (Å²) in [5.41, 5.74) is 9.65. The molecule has 0 aromatic heterocycles. The highest BCUT2D eigenvalue weighted by molar-refractivity contribution is 5.76. The summed E-state index contributed by atoms with van der Waals surface area (Å²) >= 11 is 0. The smallest absolute Gasteiger partial charge is 0.123 e. The second-order valence-electron chi connectivity index (χ2n) is 8.78. The Morgan fingerprint density at radius 3 is 2.15 bits per heavy atom. The van der Waals surface area contributed by atoms with Crippen LogP contribution < -0.4 is 4.74 Å². The Balaban J connectivity index is 1.89. The second-order valence-corrected chi connectivity index (χ2v) is 8.78. The highest BCUT2D eigenvalue weighted by Crippen LogP contribution is 2.37. The van der Waals surface area contributed by atoms with Crippen molar-refractivity contribution in [3.05, 3.63) is 87.5 Å². The number of benzene rings is 3. The van der Waals surface area contributed by atoms with Gasteiger partial charge < -0.3 is 20.1 Å². The van der Waals surface area contributed by atoms with Crippen molar-refractivity contribution >= 4 is 0 Å². The van der Waals surface area contributed by atoms with Gasteiger partial charge in [0, 0.05) is 6.61 Å². The Morgan fingerprint density at radius 1 is 0.848 bits per heavy atom. The van der Waals surface area contributed by atoms with Gasteiger partial charge in [-0.1, -0.05) is 43.3 Å². The minimum Gasteiger partial charge on any atom is -0.489 e. The van der Waals surface area contributed by atoms with Gasteiger partial charge in [-0.15, -0.1) is 0 Å². The van der Waals surface area contributed by atoms with Gasteiger partial charge in [-0.05, 0) is 102 Å². The summed E-state index contributed by atoms with van der Waals surface area (Å²) < 4.78 is 6.18. The van der Waals surface area contributed by atoms with Crippen molar-refractivity contribution < 1.29 is 20.1 Å². The molecule has 0 fully saturated rings. The molecule has 0 bridgehead atoms. The van der Waals surface area contributed by atoms with Crippen LogP contribution in [0.2, 0.25) is 0 Å². The van der Waals surface area contributed by atoms with Gasteiger partial charge >= 0.3 is 0 Å². The van der Waals surface area contributed by atoms with Crippen LogP contribution in [0.5, 0.6) is 5.75 Å². The lowest BCUT2D eigenvalue weighted by molar-refractivity contribution is 0.259. The number of ether oxygens (including phenoxy) is 1. The van der Waals surface area contributed by atoms with Crippen molar-refractivity contribution in [2.45, 2.75) is 66.3 Å². The number of rotatable bonds is 10. The monoisotopic (exact) mass is 448 g/mol. The predicted octanol–water partition coefficient (Wildman–Crippen LogP) is 5.72. The molecule has 0 aliphatic heterocycles. The summed E-state index contributed by atoms with van der Waals surface area (Å²) in [5.74, 6) is 1.21. The Bertz CT molecular complexity index is 1060. The van der Waals surface area contributed by atoms with E-state index in [9.17, 15) is 15.3 Å². The molecule has 1 atom stereocenters. The Morgan fingerprint density at radius 2 is 1.55 bits per heavy atom. The van der Waals surface area contributed by atoms with E-state index >= 15 is 0 Å². The first-order chi connectivity index (χ1) is 15.9. The molecule has 4 heteroatoms. The quantitative estimate of drug-likeness (QED) is 0.371. The third-order valence-corrected chi connectivity index (χ3v) is 6.56. The van der Waals surface area contributed by atoms with Gasteiger partial charge in [0.1, 0.15) is 12.4 Å². The minimum absolute atomic E-state index is 0.0886. The van der Waals surface area contributed by atoms with Crippen LogP contribution in [0.4, 0.5) is 0 Å². The summed E-state index contributed by atoms with van der Waals surface area (Å²) in [7, 11) is 0. The van der Waals surface area contributed by atoms with Crippen LogP contribution in [0, 0.1) is 20.8 Å². The zero-order valence-corrected chi connectivity index (χ0v) is 20.2. The second kappa shape index (κ2) is 11.5. The molecule has 176 valence electrons. The van der Waals surface area contributed by atoms with Gasteiger partial charge in [0.05, 0.1) is 13.2 Å². The Hall–Kier alpha value is -2.66. The molecule has 0 heterocycles. The molecule has 0 saturated heterocycles. The molecule has 4 nitrogen and oxygen atoms in total. The molecule has 0 aliphatic rings. The number of aryl methyl sites for hydroxylation is 2. The predicted molar refractivity (Wildman–Crippen MR) is 133 cm³/mol. The number of hydrogen-bond acceptors (Lipinski definition) is 4. The van der Waals surface area contributed by atoms with Gasteiger partial charge in [-0.2, -0.15) is 0 Å². The number of hydrogen-bond donors (Lipinski definition) is 3. The van der Waals surface area contributed by atoms with Crippen LogP contribution in [0.15, 0.2) is 48.5 Å². The van der Waals surface area contributed by atoms with E-state index in [1.165, 1.54) is 22.3 Å². The van der Waals surface area contributed by atoms with E-state index in [1.807, 2.05) is 30.3 Å². The first-order valence-electron chi connectivity index (χ1n) is 11.7. The fourth-order valence-electron chi connectivity index (χ4n) is 4.69. The highest BCUT2D eigenvalue weighted by Gasteiger charge is 2.16. The van der Waals surface area contributed by atoms with Crippen molar-refractivity contribution in [2.75, 3.05) is 6.61 Å². The Kier molecular flexibility index (Phi) is 8.67. The fourth-order valence-corrected chi connectivity index (χ4v) is 4.69. The van der Waals surface area contributed by atoms with Gasteiger partial charge in [0.15, 0.2) is 0 Å². The molecule has 0 amide bonds. The normalized spacial score (nSPS) is 12.1. The number of aliphatic hydroxyl groups excluding tert-OH is 3. The van der Waals surface area contributed by atoms with Gasteiger partial charge in [-0.3, -0.25) is 0 Å². The molecule has 0 spiro atoms. The first-order valence-corrected chi connectivity index (χ1v) is 11.7. The SMILES string of the molecule is CCC(CCO)c1cc(C)c(-c2cccc(OCc3ccc(CO)c(CO)c3)c2C)c(C)c1. The third-order valence-electron chi connectivity index (χ3n) is 6.56. The molecule has 3 rings (SSSR count). The lowest BCUT2D eigenvalue weighted by Gasteiger charge is -2.20. The van der Waals surface area contributed by atoms with E-state index in [2.05, 4.69) is 45.9 Å². The molecule has 3 aromatic carbocycles. The molecule has 0 saturated carbocycles. The lowest BCUT2D eigenvalue weighted by Crippen LogP contribution is -2.03. The molecule has 1 unspecified atom stereocenters. The van der Waals surface area contributed by atoms with E-state index in [0.717, 1.165) is 46.4 Å². The summed E-state index contributed by atoms with van der Waals surface area (Å²) in [5, 5.41) is 28.4. The summed E-state index contributed by atoms with van der Waals surface area (Å²) in [6.07, 6.45) is 1.80. The summed E-state index contributed by atoms with van der Waals surface area (Å²) in [4.78, 5) is 0. The van der Waals surface area contributed by atoms with Crippen molar-refractivity contribution in [3.8, 4) is 16.9 Å². The maximum Gasteiger partial charge on any atom is 0.123 e. The zero-order chi connectivity index (χ0) is 24.0. The molecule has 3 aromatic rings. The molecule has 33 heavy (non-hydrogen) atoms. The van der Waals surface area contributed by atoms with Crippen molar-refractivity contribution in [1.82, 2.24) is 0 Å². The van der Waals surface area contributed by atoms with E-state index in [0.29, 0.717) is 12.5 Å². The maximum absolute atomic E-state index is 9.55. The zero-order valence-electron chi connectivity index (χ0n) is 20.2. The molecule has 0 radical (unpaired) electrons. The van der Waals surface area contributed by atoms with Crippen LogP contribution >= 0.6 is 0 Å². The summed E-state index contributed by atoms with van der Waals surface area (Å²) in [6, 6.07) is 16.3. The van der Waals surface area contributed by atoms with Crippen LogP contribution in [0.25, 0.3) is 11.1 Å². The van der Waals surface area contributed by atoms with Gasteiger partial charge in [0.25, 0.3) is 0 Å². The molecular formula is C29H36O4. The highest BCUT2D eigenvalue weighted by atomic mass is 16.5. The van der Waals surface area contributed by atoms with E-state index in [1.54, 1.807) is 0 Å². The topological polar surface area (TPSA) is 69.9 Å². The average molecular weight is 449 g/mol. The van der Waals surface area contributed by atoms with Crippen molar-refractivity contribution in [2.24, 2.45) is 0 Å². The summed E-state index contributed by atoms with van der Waals surface area (Å²) in [6.45, 7) is 8.97. The van der Waals surface area contributed by atoms with Gasteiger partial charge in [0.2, 0.25) is 0 Å². The number of aliphatic hydroxyl groups is 3. The minimum atomic E-state index is -0.107. The van der Waals surface area contributed by atoms with Crippen LogP contribution in [-0.4, -0.2) is 21.9 Å². The van der Waals surface area contributed by atoms with Crippen LogP contribution in [-0.2, 0) is 19.8 Å². The third kappa shape index (κ3) is 5.64. The molecular weight excluding hydrogens is 412 g/mol. The standard InChI is InChI=1S/C29H36O4/c1-5-23(11-12-30)25-13-19(2)29(20(3)14-25)27-7-6-8-28(21(27)4)33-18-22-9-10-24(16-31)26(15-22)17-32/h6-10,13-15,23,30-32H,5,11-12,16-18H2,1-4H3. The average Bonchev–Trinajstić information content (AvgIpc) is 2.82. The maximum atomic E-state index is 9.55. The van der Waals surface area contributed by atoms with Crippen molar-refractivity contribution in [3.63, 3.8) is 0 Å². The van der Waals surface area contributed by atoms with Gasteiger partial charge in [-0.25, -0.2) is 0 Å². The molecule has 3 N–H and O–H groups in total. The lowest BCUT2D eigenvalue weighted by atomic mass is 9.86. The molecule has 0 aliphatic carbocycles. The van der Waals surface area contributed by atoms with E-state index in [4.69, 9.17) is 4.74 Å². The van der Waals surface area contributed by atoms with E-state index < -0.39 is 0 Å². The van der Waals surface area contributed by atoms with E-state index in [-0.39, 0.29) is 19.8 Å². The fraction of sp³-hybridized carbons (Fsp3) is 0.379. The largest absolute Gasteiger partial charge is 0.489 e. The first kappa shape index (κ1) is 25.0. The van der Waals surface area contributed by atoms with Crippen molar-refractivity contribution in [1.29, 1.82) is 0 Å².